The molecule has 0 saturated heterocycles. The topological polar surface area (TPSA) is 98.0 Å². The lowest BCUT2D eigenvalue weighted by Crippen LogP contribution is -2.25. The van der Waals surface area contributed by atoms with Crippen LogP contribution >= 0.6 is 0 Å². The summed E-state index contributed by atoms with van der Waals surface area (Å²) in [5.41, 5.74) is 7.19. The third-order valence-electron chi connectivity index (χ3n) is 2.98. The molecular formula is C10H16N4O2S. The molecule has 0 radical (unpaired) electrons. The van der Waals surface area contributed by atoms with Crippen molar-refractivity contribution in [1.29, 1.82) is 0 Å². The molecule has 0 spiro atoms. The van der Waals surface area contributed by atoms with Crippen molar-refractivity contribution in [2.24, 2.45) is 0 Å². The van der Waals surface area contributed by atoms with Gasteiger partial charge in [0.15, 0.2) is 9.84 Å². The summed E-state index contributed by atoms with van der Waals surface area (Å²) in [6.07, 6.45) is 0.414. The molecule has 0 aromatic carbocycles. The number of aromatic nitrogens is 2. The van der Waals surface area contributed by atoms with E-state index in [4.69, 9.17) is 5.73 Å². The number of fused-ring (bicyclic) bond motifs is 1. The van der Waals surface area contributed by atoms with Crippen molar-refractivity contribution in [2.75, 3.05) is 18.5 Å². The van der Waals surface area contributed by atoms with Gasteiger partial charge in [-0.2, -0.15) is 0 Å². The number of nitrogens with zero attached hydrogens (tertiary/aromatic N) is 2. The van der Waals surface area contributed by atoms with Gasteiger partial charge in [-0.15, -0.1) is 0 Å². The van der Waals surface area contributed by atoms with Gasteiger partial charge in [-0.1, -0.05) is 0 Å². The Bertz CT molecular complexity index is 541. The zero-order valence-corrected chi connectivity index (χ0v) is 10.7. The number of nitrogen functional groups attached to an aromatic ring is 1. The molecule has 94 valence electrons. The van der Waals surface area contributed by atoms with Crippen LogP contribution in [0.5, 0.6) is 0 Å². The lowest BCUT2D eigenvalue weighted by Gasteiger charge is -2.19. The van der Waals surface area contributed by atoms with Crippen LogP contribution in [0, 0.1) is 0 Å². The highest BCUT2D eigenvalue weighted by atomic mass is 32.2. The van der Waals surface area contributed by atoms with Gasteiger partial charge in [0.2, 0.25) is 0 Å². The van der Waals surface area contributed by atoms with Crippen LogP contribution in [0.4, 0.5) is 5.82 Å². The predicted octanol–water partition coefficient (Wildman–Crippen LogP) is -0.190. The second-order valence-electron chi connectivity index (χ2n) is 4.24. The molecule has 7 heteroatoms. The lowest BCUT2D eigenvalue weighted by atomic mass is 10.1. The minimum Gasteiger partial charge on any atom is -0.383 e. The average Bonchev–Trinajstić information content (AvgIpc) is 2.25. The fourth-order valence-corrected chi connectivity index (χ4v) is 3.14. The van der Waals surface area contributed by atoms with Crippen molar-refractivity contribution in [2.45, 2.75) is 25.1 Å². The third-order valence-corrected chi connectivity index (χ3v) is 4.52. The molecule has 2 rings (SSSR count). The standard InChI is InChI=1S/C10H16N4O2S/c1-6(12-2)10-13-8-5-17(15,16)4-3-7(8)9(11)14-10/h6,12H,3-5H2,1-2H3,(H2,11,13,14). The molecule has 17 heavy (non-hydrogen) atoms. The molecule has 0 saturated carbocycles. The molecule has 1 unspecified atom stereocenters. The minimum absolute atomic E-state index is 0.0293. The molecular weight excluding hydrogens is 240 g/mol. The summed E-state index contributed by atoms with van der Waals surface area (Å²) in [7, 11) is -1.24. The van der Waals surface area contributed by atoms with Crippen molar-refractivity contribution in [3.8, 4) is 0 Å². The summed E-state index contributed by atoms with van der Waals surface area (Å²) in [5.74, 6) is 1.05. The Labute approximate surface area is 101 Å². The van der Waals surface area contributed by atoms with E-state index in [0.717, 1.165) is 5.56 Å². The number of rotatable bonds is 2. The summed E-state index contributed by atoms with van der Waals surface area (Å²) < 4.78 is 23.1. The van der Waals surface area contributed by atoms with Crippen molar-refractivity contribution in [3.05, 3.63) is 17.1 Å². The quantitative estimate of drug-likeness (QED) is 0.761. The summed E-state index contributed by atoms with van der Waals surface area (Å²) in [5, 5.41) is 3.01. The van der Waals surface area contributed by atoms with E-state index < -0.39 is 9.84 Å². The van der Waals surface area contributed by atoms with E-state index in [1.165, 1.54) is 0 Å². The van der Waals surface area contributed by atoms with E-state index in [-0.39, 0.29) is 17.5 Å². The van der Waals surface area contributed by atoms with Gasteiger partial charge in [-0.25, -0.2) is 18.4 Å². The Kier molecular flexibility index (Phi) is 3.05. The molecule has 1 aromatic rings. The second kappa shape index (κ2) is 4.23. The number of nitrogens with one attached hydrogen (secondary N) is 1. The zero-order valence-electron chi connectivity index (χ0n) is 9.90. The largest absolute Gasteiger partial charge is 0.383 e. The van der Waals surface area contributed by atoms with Crippen LogP contribution in [0.3, 0.4) is 0 Å². The lowest BCUT2D eigenvalue weighted by molar-refractivity contribution is 0.584. The summed E-state index contributed by atoms with van der Waals surface area (Å²) >= 11 is 0. The van der Waals surface area contributed by atoms with Crippen LogP contribution in [0.2, 0.25) is 0 Å². The highest BCUT2D eigenvalue weighted by Crippen LogP contribution is 2.24. The van der Waals surface area contributed by atoms with Crippen LogP contribution in [0.1, 0.15) is 30.0 Å². The van der Waals surface area contributed by atoms with Gasteiger partial charge in [0, 0.05) is 5.56 Å². The van der Waals surface area contributed by atoms with Crippen molar-refractivity contribution < 1.29 is 8.42 Å². The van der Waals surface area contributed by atoms with Gasteiger partial charge < -0.3 is 11.1 Å². The Morgan fingerprint density at radius 3 is 2.76 bits per heavy atom. The SMILES string of the molecule is CNC(C)c1nc(N)c2c(n1)CS(=O)(=O)CC2. The first kappa shape index (κ1) is 12.3. The number of hydrogen-bond acceptors (Lipinski definition) is 6. The van der Waals surface area contributed by atoms with Crippen LogP contribution < -0.4 is 11.1 Å². The van der Waals surface area contributed by atoms with Crippen molar-refractivity contribution in [3.63, 3.8) is 0 Å². The van der Waals surface area contributed by atoms with E-state index in [1.807, 2.05) is 6.92 Å². The second-order valence-corrected chi connectivity index (χ2v) is 6.43. The number of nitrogens with two attached hydrogens (primary N) is 1. The van der Waals surface area contributed by atoms with Crippen molar-refractivity contribution >= 4 is 15.7 Å². The highest BCUT2D eigenvalue weighted by molar-refractivity contribution is 7.90. The van der Waals surface area contributed by atoms with Crippen LogP contribution in [-0.2, 0) is 22.0 Å². The minimum atomic E-state index is -3.03. The van der Waals surface area contributed by atoms with E-state index in [1.54, 1.807) is 7.05 Å². The van der Waals surface area contributed by atoms with Crippen molar-refractivity contribution in [1.82, 2.24) is 15.3 Å². The molecule has 6 nitrogen and oxygen atoms in total. The fraction of sp³-hybridized carbons (Fsp3) is 0.600. The molecule has 3 N–H and O–H groups in total. The van der Waals surface area contributed by atoms with E-state index in [9.17, 15) is 8.42 Å². The van der Waals surface area contributed by atoms with Gasteiger partial charge in [-0.05, 0) is 20.4 Å². The highest BCUT2D eigenvalue weighted by Gasteiger charge is 2.26. The Morgan fingerprint density at radius 1 is 1.41 bits per heavy atom. The van der Waals surface area contributed by atoms with E-state index in [2.05, 4.69) is 15.3 Å². The van der Waals surface area contributed by atoms with E-state index in [0.29, 0.717) is 23.8 Å². The smallest absolute Gasteiger partial charge is 0.156 e. The molecule has 1 atom stereocenters. The van der Waals surface area contributed by atoms with E-state index >= 15 is 0 Å². The molecule has 2 heterocycles. The Balaban J connectivity index is 2.49. The maximum absolute atomic E-state index is 11.6. The Hall–Kier alpha value is -1.21. The summed E-state index contributed by atoms with van der Waals surface area (Å²) in [6, 6.07) is -0.0489. The zero-order chi connectivity index (χ0) is 12.6. The molecule has 0 bridgehead atoms. The predicted molar refractivity (Wildman–Crippen MR) is 65.1 cm³/mol. The van der Waals surface area contributed by atoms with Gasteiger partial charge in [0.05, 0.1) is 23.2 Å². The van der Waals surface area contributed by atoms with Gasteiger partial charge in [-0.3, -0.25) is 0 Å². The summed E-state index contributed by atoms with van der Waals surface area (Å²) in [6.45, 7) is 1.90. The Morgan fingerprint density at radius 2 is 2.12 bits per heavy atom. The fourth-order valence-electron chi connectivity index (χ4n) is 1.82. The third kappa shape index (κ3) is 2.39. The van der Waals surface area contributed by atoms with Crippen LogP contribution in [0.25, 0.3) is 0 Å². The van der Waals surface area contributed by atoms with Crippen LogP contribution in [0.15, 0.2) is 0 Å². The van der Waals surface area contributed by atoms with Gasteiger partial charge in [0.25, 0.3) is 0 Å². The molecule has 0 fully saturated rings. The number of sulfone groups is 1. The normalized spacial score (nSPS) is 19.6. The molecule has 0 aliphatic carbocycles. The van der Waals surface area contributed by atoms with Gasteiger partial charge in [0.1, 0.15) is 11.6 Å². The maximum Gasteiger partial charge on any atom is 0.156 e. The number of anilines is 1. The first-order valence-corrected chi connectivity index (χ1v) is 7.28. The molecule has 0 amide bonds. The monoisotopic (exact) mass is 256 g/mol. The van der Waals surface area contributed by atoms with Crippen LogP contribution in [-0.4, -0.2) is 31.2 Å². The first-order valence-electron chi connectivity index (χ1n) is 5.46. The van der Waals surface area contributed by atoms with Gasteiger partial charge >= 0.3 is 0 Å². The number of hydrogen-bond donors (Lipinski definition) is 2. The summed E-state index contributed by atoms with van der Waals surface area (Å²) in [4.78, 5) is 8.52. The average molecular weight is 256 g/mol. The maximum atomic E-state index is 11.6. The first-order chi connectivity index (χ1) is 7.93. The molecule has 1 aliphatic heterocycles. The molecule has 1 aliphatic rings. The molecule has 1 aromatic heterocycles.